The van der Waals surface area contributed by atoms with E-state index in [-0.39, 0.29) is 5.82 Å². The van der Waals surface area contributed by atoms with Crippen molar-refractivity contribution in [2.24, 2.45) is 0 Å². The highest BCUT2D eigenvalue weighted by Crippen LogP contribution is 2.21. The molecule has 2 N–H and O–H groups in total. The Hall–Kier alpha value is -1.90. The number of benzene rings is 1. The first-order valence-electron chi connectivity index (χ1n) is 5.21. The molecule has 0 spiro atoms. The van der Waals surface area contributed by atoms with Gasteiger partial charge in [-0.3, -0.25) is 0 Å². The third kappa shape index (κ3) is 2.03. The first-order valence-corrected chi connectivity index (χ1v) is 5.21. The molecule has 16 heavy (non-hydrogen) atoms. The number of nitrogens with zero attached hydrogens (tertiary/aromatic N) is 1. The fraction of sp³-hybridized carbons (Fsp3) is 0.154. The Morgan fingerprint density at radius 2 is 1.88 bits per heavy atom. The van der Waals surface area contributed by atoms with Crippen molar-refractivity contribution in [3.05, 3.63) is 47.9 Å². The van der Waals surface area contributed by atoms with Gasteiger partial charge in [0.1, 0.15) is 0 Å². The van der Waals surface area contributed by atoms with Crippen LogP contribution in [-0.4, -0.2) is 4.98 Å². The Bertz CT molecular complexity index is 492. The van der Waals surface area contributed by atoms with Gasteiger partial charge >= 0.3 is 0 Å². The Labute approximate surface area is 93.9 Å². The molecule has 0 amide bonds. The van der Waals surface area contributed by atoms with Gasteiger partial charge < -0.3 is 5.73 Å². The van der Waals surface area contributed by atoms with Crippen molar-refractivity contribution < 1.29 is 4.39 Å². The van der Waals surface area contributed by atoms with Crippen molar-refractivity contribution in [3.63, 3.8) is 0 Å². The van der Waals surface area contributed by atoms with Crippen LogP contribution >= 0.6 is 0 Å². The molecule has 1 aromatic carbocycles. The average Bonchev–Trinajstić information content (AvgIpc) is 2.33. The van der Waals surface area contributed by atoms with Crippen LogP contribution in [0.1, 0.15) is 12.5 Å². The lowest BCUT2D eigenvalue weighted by Gasteiger charge is -2.04. The van der Waals surface area contributed by atoms with E-state index in [0.29, 0.717) is 0 Å². The van der Waals surface area contributed by atoms with Crippen molar-refractivity contribution in [2.45, 2.75) is 13.3 Å². The van der Waals surface area contributed by atoms with E-state index < -0.39 is 5.82 Å². The van der Waals surface area contributed by atoms with Crippen LogP contribution in [0.3, 0.4) is 0 Å². The second-order valence-electron chi connectivity index (χ2n) is 3.64. The van der Waals surface area contributed by atoms with Crippen LogP contribution < -0.4 is 5.73 Å². The monoisotopic (exact) mass is 216 g/mol. The fourth-order valence-corrected chi connectivity index (χ4v) is 1.54. The zero-order chi connectivity index (χ0) is 11.5. The molecule has 2 aromatic rings. The Balaban J connectivity index is 2.38. The van der Waals surface area contributed by atoms with Gasteiger partial charge in [0.25, 0.3) is 0 Å². The summed E-state index contributed by atoms with van der Waals surface area (Å²) in [6.07, 6.45) is 2.58. The average molecular weight is 216 g/mol. The van der Waals surface area contributed by atoms with E-state index >= 15 is 0 Å². The maximum absolute atomic E-state index is 13.2. The number of nitrogens with two attached hydrogens (primary N) is 1. The minimum Gasteiger partial charge on any atom is -0.381 e. The van der Waals surface area contributed by atoms with E-state index in [0.717, 1.165) is 17.5 Å². The molecule has 0 saturated heterocycles. The number of anilines is 1. The van der Waals surface area contributed by atoms with E-state index in [9.17, 15) is 4.39 Å². The van der Waals surface area contributed by atoms with Crippen LogP contribution in [0.4, 0.5) is 10.2 Å². The Morgan fingerprint density at radius 1 is 1.19 bits per heavy atom. The van der Waals surface area contributed by atoms with Gasteiger partial charge in [-0.1, -0.05) is 31.2 Å². The van der Waals surface area contributed by atoms with Crippen LogP contribution in [0, 0.1) is 5.82 Å². The van der Waals surface area contributed by atoms with Crippen molar-refractivity contribution in [1.29, 1.82) is 0 Å². The minimum atomic E-state index is -0.475. The number of aromatic nitrogens is 1. The highest BCUT2D eigenvalue weighted by molar-refractivity contribution is 5.64. The van der Waals surface area contributed by atoms with E-state index in [1.807, 2.05) is 24.3 Å². The van der Waals surface area contributed by atoms with Gasteiger partial charge in [0.05, 0.1) is 0 Å². The summed E-state index contributed by atoms with van der Waals surface area (Å²) in [5.41, 5.74) is 8.28. The molecule has 0 saturated carbocycles. The summed E-state index contributed by atoms with van der Waals surface area (Å²) in [4.78, 5) is 3.80. The Morgan fingerprint density at radius 3 is 2.44 bits per heavy atom. The molecule has 3 heteroatoms. The summed E-state index contributed by atoms with van der Waals surface area (Å²) in [5.74, 6) is -0.536. The van der Waals surface area contributed by atoms with Gasteiger partial charge in [-0.25, -0.2) is 9.37 Å². The molecule has 0 aliphatic heterocycles. The third-order valence-electron chi connectivity index (χ3n) is 2.57. The number of aryl methyl sites for hydroxylation is 1. The predicted molar refractivity (Wildman–Crippen MR) is 63.4 cm³/mol. The third-order valence-corrected chi connectivity index (χ3v) is 2.57. The summed E-state index contributed by atoms with van der Waals surface area (Å²) < 4.78 is 13.2. The van der Waals surface area contributed by atoms with Gasteiger partial charge in [-0.05, 0) is 23.6 Å². The molecule has 2 nitrogen and oxygen atoms in total. The maximum Gasteiger partial charge on any atom is 0.165 e. The molecule has 0 radical (unpaired) electrons. The lowest BCUT2D eigenvalue weighted by atomic mass is 10.0. The molecule has 1 aromatic heterocycles. The molecule has 0 atom stereocenters. The smallest absolute Gasteiger partial charge is 0.165 e. The van der Waals surface area contributed by atoms with Crippen molar-refractivity contribution in [3.8, 4) is 11.1 Å². The van der Waals surface area contributed by atoms with Crippen LogP contribution in [0.15, 0.2) is 36.5 Å². The quantitative estimate of drug-likeness (QED) is 0.838. The largest absolute Gasteiger partial charge is 0.381 e. The molecule has 0 aliphatic carbocycles. The van der Waals surface area contributed by atoms with Crippen molar-refractivity contribution >= 4 is 5.82 Å². The molecule has 1 heterocycles. The molecular formula is C13H13FN2. The SMILES string of the molecule is CCc1ccc(-c2cnc(N)c(F)c2)cc1. The highest BCUT2D eigenvalue weighted by atomic mass is 19.1. The summed E-state index contributed by atoms with van der Waals surface area (Å²) in [6, 6.07) is 9.40. The molecule has 2 rings (SSSR count). The molecule has 0 aliphatic rings. The number of rotatable bonds is 2. The summed E-state index contributed by atoms with van der Waals surface area (Å²) in [7, 11) is 0. The van der Waals surface area contributed by atoms with Crippen LogP contribution in [0.25, 0.3) is 11.1 Å². The second kappa shape index (κ2) is 4.31. The van der Waals surface area contributed by atoms with E-state index in [4.69, 9.17) is 5.73 Å². The zero-order valence-corrected chi connectivity index (χ0v) is 9.07. The number of halogens is 1. The zero-order valence-electron chi connectivity index (χ0n) is 9.07. The molecule has 0 unspecified atom stereocenters. The lowest BCUT2D eigenvalue weighted by Crippen LogP contribution is -1.94. The lowest BCUT2D eigenvalue weighted by molar-refractivity contribution is 0.628. The van der Waals surface area contributed by atoms with Gasteiger partial charge in [-0.15, -0.1) is 0 Å². The van der Waals surface area contributed by atoms with Gasteiger partial charge in [0.15, 0.2) is 11.6 Å². The van der Waals surface area contributed by atoms with Crippen LogP contribution in [0.2, 0.25) is 0 Å². The first-order chi connectivity index (χ1) is 7.70. The van der Waals surface area contributed by atoms with Gasteiger partial charge in [0, 0.05) is 11.8 Å². The minimum absolute atomic E-state index is 0.0612. The summed E-state index contributed by atoms with van der Waals surface area (Å²) in [6.45, 7) is 2.10. The van der Waals surface area contributed by atoms with Crippen LogP contribution in [0.5, 0.6) is 0 Å². The number of hydrogen-bond acceptors (Lipinski definition) is 2. The molecule has 0 bridgehead atoms. The topological polar surface area (TPSA) is 38.9 Å². The van der Waals surface area contributed by atoms with Crippen molar-refractivity contribution in [1.82, 2.24) is 4.98 Å². The van der Waals surface area contributed by atoms with Gasteiger partial charge in [0.2, 0.25) is 0 Å². The van der Waals surface area contributed by atoms with Crippen molar-refractivity contribution in [2.75, 3.05) is 5.73 Å². The predicted octanol–water partition coefficient (Wildman–Crippen LogP) is 3.03. The maximum atomic E-state index is 13.2. The van der Waals surface area contributed by atoms with E-state index in [1.165, 1.54) is 11.6 Å². The highest BCUT2D eigenvalue weighted by Gasteiger charge is 2.03. The number of pyridine rings is 1. The number of hydrogen-bond donors (Lipinski definition) is 1. The number of nitrogen functional groups attached to an aromatic ring is 1. The standard InChI is InChI=1S/C13H13FN2/c1-2-9-3-5-10(6-4-9)11-7-12(14)13(15)16-8-11/h3-8H,2H2,1H3,(H2,15,16). The molecule has 0 fully saturated rings. The molecular weight excluding hydrogens is 203 g/mol. The van der Waals surface area contributed by atoms with Crippen LogP contribution in [-0.2, 0) is 6.42 Å². The second-order valence-corrected chi connectivity index (χ2v) is 3.64. The normalized spacial score (nSPS) is 10.4. The summed E-state index contributed by atoms with van der Waals surface area (Å²) >= 11 is 0. The fourth-order valence-electron chi connectivity index (χ4n) is 1.54. The van der Waals surface area contributed by atoms with E-state index in [1.54, 1.807) is 6.20 Å². The van der Waals surface area contributed by atoms with Gasteiger partial charge in [-0.2, -0.15) is 0 Å². The van der Waals surface area contributed by atoms with E-state index in [2.05, 4.69) is 11.9 Å². The molecule has 82 valence electrons. The summed E-state index contributed by atoms with van der Waals surface area (Å²) in [5, 5.41) is 0. The first kappa shape index (κ1) is 10.6. The Kier molecular flexibility index (Phi) is 2.86.